The van der Waals surface area contributed by atoms with Gasteiger partial charge in [-0.25, -0.2) is 13.2 Å². The molecule has 2 N–H and O–H groups in total. The fourth-order valence-corrected chi connectivity index (χ4v) is 4.70. The maximum absolute atomic E-state index is 12.7. The molecule has 0 aromatic heterocycles. The number of aliphatic carboxylic acids is 1. The zero-order valence-electron chi connectivity index (χ0n) is 12.9. The third-order valence-corrected chi connectivity index (χ3v) is 6.28. The van der Waals surface area contributed by atoms with Crippen LogP contribution in [-0.2, 0) is 19.6 Å². The Balaban J connectivity index is 1.71. The van der Waals surface area contributed by atoms with Crippen molar-refractivity contribution in [1.82, 2.24) is 9.62 Å². The van der Waals surface area contributed by atoms with Gasteiger partial charge >= 0.3 is 5.97 Å². The maximum atomic E-state index is 12.7. The van der Waals surface area contributed by atoms with Gasteiger partial charge in [0.25, 0.3) is 0 Å². The predicted molar refractivity (Wildman–Crippen MR) is 83.0 cm³/mol. The zero-order valence-corrected chi connectivity index (χ0v) is 13.7. The second kappa shape index (κ2) is 6.06. The van der Waals surface area contributed by atoms with Gasteiger partial charge in [-0.05, 0) is 30.7 Å². The van der Waals surface area contributed by atoms with Gasteiger partial charge in [0.15, 0.2) is 6.61 Å². The molecule has 0 radical (unpaired) electrons. The number of hydrogen-bond donors (Lipinski definition) is 2. The monoisotopic (exact) mass is 354 g/mol. The van der Waals surface area contributed by atoms with Crippen LogP contribution in [-0.4, -0.2) is 55.9 Å². The Morgan fingerprint density at radius 2 is 2.04 bits per heavy atom. The van der Waals surface area contributed by atoms with E-state index in [-0.39, 0.29) is 16.2 Å². The van der Waals surface area contributed by atoms with Crippen molar-refractivity contribution in [2.75, 3.05) is 26.2 Å². The van der Waals surface area contributed by atoms with Crippen LogP contribution in [0, 0.1) is 5.41 Å². The summed E-state index contributed by atoms with van der Waals surface area (Å²) in [6, 6.07) is 5.66. The minimum absolute atomic E-state index is 0.0332. The molecule has 1 aromatic rings. The first-order valence-corrected chi connectivity index (χ1v) is 8.96. The van der Waals surface area contributed by atoms with E-state index in [0.717, 1.165) is 0 Å². The summed E-state index contributed by atoms with van der Waals surface area (Å²) >= 11 is 0. The van der Waals surface area contributed by atoms with Crippen molar-refractivity contribution >= 4 is 21.9 Å². The Bertz CT molecular complexity index is 761. The molecule has 3 rings (SSSR count). The van der Waals surface area contributed by atoms with Crippen molar-refractivity contribution in [3.63, 3.8) is 0 Å². The van der Waals surface area contributed by atoms with Crippen molar-refractivity contribution in [3.05, 3.63) is 24.3 Å². The van der Waals surface area contributed by atoms with E-state index in [9.17, 15) is 18.0 Å². The number of nitrogens with one attached hydrogen (secondary N) is 1. The van der Waals surface area contributed by atoms with Crippen molar-refractivity contribution < 1.29 is 27.9 Å². The summed E-state index contributed by atoms with van der Waals surface area (Å²) in [5, 5.41) is 11.3. The molecule has 0 aliphatic carbocycles. The van der Waals surface area contributed by atoms with Gasteiger partial charge in [0.2, 0.25) is 15.9 Å². The summed E-state index contributed by atoms with van der Waals surface area (Å²) in [5.74, 6) is -0.845. The van der Waals surface area contributed by atoms with Gasteiger partial charge in [0.05, 0.1) is 4.90 Å². The number of carboxylic acid groups (broad SMARTS) is 1. The molecule has 2 fully saturated rings. The van der Waals surface area contributed by atoms with E-state index in [1.165, 1.54) is 28.6 Å². The molecule has 24 heavy (non-hydrogen) atoms. The van der Waals surface area contributed by atoms with Gasteiger partial charge < -0.3 is 15.2 Å². The van der Waals surface area contributed by atoms with E-state index in [1.54, 1.807) is 0 Å². The molecule has 9 heteroatoms. The molecule has 0 saturated carbocycles. The molecule has 1 aromatic carbocycles. The van der Waals surface area contributed by atoms with Gasteiger partial charge in [-0.2, -0.15) is 4.31 Å². The lowest BCUT2D eigenvalue weighted by atomic mass is 9.86. The van der Waals surface area contributed by atoms with Gasteiger partial charge in [-0.3, -0.25) is 4.79 Å². The normalized spacial score (nSPS) is 24.2. The van der Waals surface area contributed by atoms with Crippen LogP contribution in [0.15, 0.2) is 29.2 Å². The van der Waals surface area contributed by atoms with E-state index >= 15 is 0 Å². The first-order chi connectivity index (χ1) is 11.3. The average molecular weight is 354 g/mol. The van der Waals surface area contributed by atoms with E-state index in [0.29, 0.717) is 38.2 Å². The van der Waals surface area contributed by atoms with Crippen LogP contribution in [0.3, 0.4) is 0 Å². The van der Waals surface area contributed by atoms with Crippen molar-refractivity contribution in [3.8, 4) is 5.75 Å². The highest BCUT2D eigenvalue weighted by molar-refractivity contribution is 7.89. The summed E-state index contributed by atoms with van der Waals surface area (Å²) in [4.78, 5) is 22.0. The van der Waals surface area contributed by atoms with Crippen LogP contribution < -0.4 is 10.1 Å². The fraction of sp³-hybridized carbons (Fsp3) is 0.467. The van der Waals surface area contributed by atoms with Crippen LogP contribution in [0.1, 0.15) is 12.8 Å². The Kier molecular flexibility index (Phi) is 4.22. The highest BCUT2D eigenvalue weighted by Crippen LogP contribution is 2.38. The molecule has 1 unspecified atom stereocenters. The molecular formula is C15H18N2O6S. The van der Waals surface area contributed by atoms with Crippen LogP contribution >= 0.6 is 0 Å². The number of hydrogen-bond acceptors (Lipinski definition) is 5. The number of nitrogens with zero attached hydrogens (tertiary/aromatic N) is 1. The number of ether oxygens (including phenoxy) is 1. The molecule has 1 spiro atoms. The summed E-state index contributed by atoms with van der Waals surface area (Å²) in [6.07, 6.45) is 1.02. The molecule has 130 valence electrons. The topological polar surface area (TPSA) is 113 Å². The lowest BCUT2D eigenvalue weighted by molar-refractivity contribution is -0.139. The van der Waals surface area contributed by atoms with Crippen LogP contribution in [0.2, 0.25) is 0 Å². The summed E-state index contributed by atoms with van der Waals surface area (Å²) in [6.45, 7) is 0.738. The highest BCUT2D eigenvalue weighted by atomic mass is 32.2. The summed E-state index contributed by atoms with van der Waals surface area (Å²) in [7, 11) is -3.65. The van der Waals surface area contributed by atoms with E-state index in [1.807, 2.05) is 0 Å². The van der Waals surface area contributed by atoms with Gasteiger partial charge in [-0.1, -0.05) is 0 Å². The zero-order chi connectivity index (χ0) is 17.4. The lowest BCUT2D eigenvalue weighted by Crippen LogP contribution is -2.33. The lowest BCUT2D eigenvalue weighted by Gasteiger charge is -2.21. The standard InChI is InChI=1S/C15H18N2O6S/c18-13-7-15(9-16-13)5-6-17(10-15)24(21,22)12-3-1-11(2-4-12)23-8-14(19)20/h1-4H,5-10H2,(H,16,18)(H,19,20). The predicted octanol–water partition coefficient (Wildman–Crippen LogP) is 0.0507. The SMILES string of the molecule is O=C(O)COc1ccc(S(=O)(=O)N2CCC3(CNC(=O)C3)C2)cc1. The second-order valence-electron chi connectivity index (χ2n) is 6.20. The first-order valence-electron chi connectivity index (χ1n) is 7.52. The van der Waals surface area contributed by atoms with E-state index in [4.69, 9.17) is 9.84 Å². The molecule has 2 heterocycles. The average Bonchev–Trinajstić information content (AvgIpc) is 3.12. The number of sulfonamides is 1. The van der Waals surface area contributed by atoms with E-state index in [2.05, 4.69) is 5.32 Å². The minimum atomic E-state index is -3.65. The number of carbonyl (C=O) groups excluding carboxylic acids is 1. The third-order valence-electron chi connectivity index (χ3n) is 4.42. The molecule has 2 saturated heterocycles. The summed E-state index contributed by atoms with van der Waals surface area (Å²) < 4.78 is 31.8. The molecule has 1 amide bonds. The molecule has 8 nitrogen and oxygen atoms in total. The number of rotatable bonds is 5. The number of amides is 1. The number of carboxylic acids is 1. The quantitative estimate of drug-likeness (QED) is 0.773. The van der Waals surface area contributed by atoms with Crippen molar-refractivity contribution in [1.29, 1.82) is 0 Å². The van der Waals surface area contributed by atoms with Crippen molar-refractivity contribution in [2.45, 2.75) is 17.7 Å². The van der Waals surface area contributed by atoms with Crippen LogP contribution in [0.4, 0.5) is 0 Å². The number of carbonyl (C=O) groups is 2. The molecule has 0 bridgehead atoms. The van der Waals surface area contributed by atoms with Gasteiger partial charge in [0.1, 0.15) is 5.75 Å². The Morgan fingerprint density at radius 1 is 1.33 bits per heavy atom. The van der Waals surface area contributed by atoms with E-state index < -0.39 is 22.6 Å². The smallest absolute Gasteiger partial charge is 0.341 e. The maximum Gasteiger partial charge on any atom is 0.341 e. The Hall–Kier alpha value is -2.13. The first kappa shape index (κ1) is 16.7. The number of benzene rings is 1. The Labute approximate surface area is 139 Å². The third kappa shape index (κ3) is 3.22. The molecule has 2 aliphatic rings. The second-order valence-corrected chi connectivity index (χ2v) is 8.13. The minimum Gasteiger partial charge on any atom is -0.482 e. The highest BCUT2D eigenvalue weighted by Gasteiger charge is 2.47. The molecule has 1 atom stereocenters. The summed E-state index contributed by atoms with van der Waals surface area (Å²) in [5.41, 5.74) is -0.297. The molecular weight excluding hydrogens is 336 g/mol. The Morgan fingerprint density at radius 3 is 2.62 bits per heavy atom. The van der Waals surface area contributed by atoms with Crippen LogP contribution in [0.25, 0.3) is 0 Å². The van der Waals surface area contributed by atoms with Gasteiger partial charge in [0, 0.05) is 31.5 Å². The van der Waals surface area contributed by atoms with Crippen molar-refractivity contribution in [2.24, 2.45) is 5.41 Å². The molecule has 2 aliphatic heterocycles. The largest absolute Gasteiger partial charge is 0.482 e. The van der Waals surface area contributed by atoms with Crippen LogP contribution in [0.5, 0.6) is 5.75 Å². The fourth-order valence-electron chi connectivity index (χ4n) is 3.14. The van der Waals surface area contributed by atoms with Gasteiger partial charge in [-0.15, -0.1) is 0 Å².